The minimum Gasteiger partial charge on any atom is -0.493 e. The van der Waals surface area contributed by atoms with Gasteiger partial charge < -0.3 is 20.1 Å². The molecule has 2 aliphatic rings. The second-order valence-electron chi connectivity index (χ2n) is 9.17. The Morgan fingerprint density at radius 2 is 1.94 bits per heavy atom. The fourth-order valence-corrected chi connectivity index (χ4v) is 5.28. The summed E-state index contributed by atoms with van der Waals surface area (Å²) in [6, 6.07) is 8.79. The molecule has 190 valence electrons. The number of aromatic nitrogens is 2. The predicted octanol–water partition coefficient (Wildman–Crippen LogP) is 4.68. The maximum atomic E-state index is 14.5. The predicted molar refractivity (Wildman–Crippen MR) is 137 cm³/mol. The van der Waals surface area contributed by atoms with Crippen LogP contribution in [0.25, 0.3) is 10.9 Å². The Balaban J connectivity index is 1.33. The summed E-state index contributed by atoms with van der Waals surface area (Å²) >= 11 is 5.94. The van der Waals surface area contributed by atoms with Gasteiger partial charge in [-0.2, -0.15) is 0 Å². The van der Waals surface area contributed by atoms with E-state index in [1.165, 1.54) is 12.4 Å². The molecular formula is C26H29ClFN5O3. The number of halogens is 2. The third-order valence-corrected chi connectivity index (χ3v) is 7.43. The van der Waals surface area contributed by atoms with Crippen molar-refractivity contribution >= 4 is 39.9 Å². The normalized spacial score (nSPS) is 22.1. The average molecular weight is 514 g/mol. The fourth-order valence-electron chi connectivity index (χ4n) is 5.11. The Labute approximate surface area is 214 Å². The summed E-state index contributed by atoms with van der Waals surface area (Å²) in [5.74, 6) is 1.16. The van der Waals surface area contributed by atoms with E-state index >= 15 is 0 Å². The van der Waals surface area contributed by atoms with Crippen molar-refractivity contribution < 1.29 is 18.7 Å². The summed E-state index contributed by atoms with van der Waals surface area (Å²) in [7, 11) is 3.29. The van der Waals surface area contributed by atoms with Gasteiger partial charge in [-0.25, -0.2) is 14.4 Å². The minimum atomic E-state index is -0.548. The van der Waals surface area contributed by atoms with Crippen LogP contribution in [0.5, 0.6) is 11.5 Å². The molecule has 0 spiro atoms. The molecule has 0 radical (unpaired) electrons. The standard InChI is InChI=1S/C26H29ClFN5O3/c1-29-26(34)21-10-11-33(21)15-6-8-16(9-7-15)36-23-12-17-20(13-22(23)35-2)30-14-31-25(17)32-19-5-3-4-18(27)24(19)28/h3-5,12-16,21H,6-11H2,1-2H3,(H,29,34)(H,30,31,32)/t15?,16?,21-/m0/s1. The highest BCUT2D eigenvalue weighted by molar-refractivity contribution is 6.31. The number of carbonyl (C=O) groups excluding carboxylic acids is 1. The highest BCUT2D eigenvalue weighted by Gasteiger charge is 2.39. The van der Waals surface area contributed by atoms with Crippen LogP contribution in [-0.4, -0.2) is 59.7 Å². The van der Waals surface area contributed by atoms with Gasteiger partial charge >= 0.3 is 0 Å². The van der Waals surface area contributed by atoms with Crippen LogP contribution in [0.15, 0.2) is 36.7 Å². The van der Waals surface area contributed by atoms with E-state index in [2.05, 4.69) is 25.5 Å². The topological polar surface area (TPSA) is 88.6 Å². The number of hydrogen-bond donors (Lipinski definition) is 2. The van der Waals surface area contributed by atoms with Crippen molar-refractivity contribution in [1.82, 2.24) is 20.2 Å². The van der Waals surface area contributed by atoms with Crippen molar-refractivity contribution in [2.75, 3.05) is 26.0 Å². The van der Waals surface area contributed by atoms with Crippen LogP contribution in [0, 0.1) is 5.82 Å². The van der Waals surface area contributed by atoms with Crippen LogP contribution < -0.4 is 20.1 Å². The molecule has 2 fully saturated rings. The first-order valence-corrected chi connectivity index (χ1v) is 12.5. The molecule has 2 heterocycles. The van der Waals surface area contributed by atoms with Gasteiger partial charge in [-0.05, 0) is 50.3 Å². The van der Waals surface area contributed by atoms with E-state index in [0.717, 1.165) is 38.6 Å². The molecule has 3 aromatic rings. The number of amides is 1. The zero-order valence-electron chi connectivity index (χ0n) is 20.3. The monoisotopic (exact) mass is 513 g/mol. The Hall–Kier alpha value is -3.17. The van der Waals surface area contributed by atoms with Crippen molar-refractivity contribution in [2.24, 2.45) is 0 Å². The van der Waals surface area contributed by atoms with Crippen molar-refractivity contribution in [2.45, 2.75) is 50.3 Å². The molecule has 2 aromatic carbocycles. The van der Waals surface area contributed by atoms with E-state index in [9.17, 15) is 9.18 Å². The van der Waals surface area contributed by atoms with E-state index < -0.39 is 5.82 Å². The second-order valence-corrected chi connectivity index (χ2v) is 9.58. The summed E-state index contributed by atoms with van der Waals surface area (Å²) in [6.07, 6.45) is 6.06. The van der Waals surface area contributed by atoms with Crippen LogP contribution in [0.1, 0.15) is 32.1 Å². The molecule has 8 nitrogen and oxygen atoms in total. The number of benzene rings is 2. The molecule has 0 bridgehead atoms. The molecule has 0 unspecified atom stereocenters. The minimum absolute atomic E-state index is 0.00620. The summed E-state index contributed by atoms with van der Waals surface area (Å²) in [5.41, 5.74) is 0.862. The molecular weight excluding hydrogens is 485 g/mol. The number of anilines is 2. The maximum Gasteiger partial charge on any atom is 0.237 e. The van der Waals surface area contributed by atoms with Gasteiger partial charge in [0.05, 0.1) is 35.5 Å². The Morgan fingerprint density at radius 1 is 1.14 bits per heavy atom. The van der Waals surface area contributed by atoms with Gasteiger partial charge in [0.15, 0.2) is 17.3 Å². The van der Waals surface area contributed by atoms with Gasteiger partial charge in [0, 0.05) is 31.1 Å². The number of carbonyl (C=O) groups is 1. The highest BCUT2D eigenvalue weighted by atomic mass is 35.5. The van der Waals surface area contributed by atoms with Crippen molar-refractivity contribution in [3.8, 4) is 11.5 Å². The van der Waals surface area contributed by atoms with E-state index in [-0.39, 0.29) is 28.8 Å². The van der Waals surface area contributed by atoms with Gasteiger partial charge in [-0.15, -0.1) is 0 Å². The molecule has 1 aliphatic carbocycles. The largest absolute Gasteiger partial charge is 0.493 e. The molecule has 1 amide bonds. The zero-order valence-corrected chi connectivity index (χ0v) is 21.0. The molecule has 36 heavy (non-hydrogen) atoms. The van der Waals surface area contributed by atoms with E-state index in [1.807, 2.05) is 6.07 Å². The number of hydrogen-bond acceptors (Lipinski definition) is 7. The first-order chi connectivity index (χ1) is 17.5. The van der Waals surface area contributed by atoms with E-state index in [0.29, 0.717) is 34.3 Å². The first kappa shape index (κ1) is 24.5. The van der Waals surface area contributed by atoms with Gasteiger partial charge in [0.1, 0.15) is 12.1 Å². The summed E-state index contributed by atoms with van der Waals surface area (Å²) in [5, 5.41) is 6.50. The van der Waals surface area contributed by atoms with Crippen LogP contribution in [0.2, 0.25) is 5.02 Å². The first-order valence-electron chi connectivity index (χ1n) is 12.2. The van der Waals surface area contributed by atoms with Crippen LogP contribution in [0.3, 0.4) is 0 Å². The van der Waals surface area contributed by atoms with Gasteiger partial charge in [-0.1, -0.05) is 17.7 Å². The number of likely N-dealkylation sites (N-methyl/N-ethyl adjacent to an activating group) is 1. The van der Waals surface area contributed by atoms with Crippen molar-refractivity contribution in [1.29, 1.82) is 0 Å². The molecule has 1 saturated heterocycles. The number of rotatable bonds is 7. The third-order valence-electron chi connectivity index (χ3n) is 7.14. The number of methoxy groups -OCH3 is 1. The average Bonchev–Trinajstić information content (AvgIpc) is 2.87. The van der Waals surface area contributed by atoms with Gasteiger partial charge in [0.2, 0.25) is 5.91 Å². The number of nitrogens with one attached hydrogen (secondary N) is 2. The van der Waals surface area contributed by atoms with E-state index in [1.54, 1.807) is 32.4 Å². The SMILES string of the molecule is CNC(=O)[C@@H]1CCN1C1CCC(Oc2cc3c(Nc4cccc(Cl)c4F)ncnc3cc2OC)CC1. The lowest BCUT2D eigenvalue weighted by Crippen LogP contribution is -2.60. The number of likely N-dealkylation sites (tertiary alicyclic amines) is 1. The van der Waals surface area contributed by atoms with Crippen LogP contribution in [-0.2, 0) is 4.79 Å². The molecule has 1 aromatic heterocycles. The van der Waals surface area contributed by atoms with Crippen LogP contribution in [0.4, 0.5) is 15.9 Å². The Morgan fingerprint density at radius 3 is 2.64 bits per heavy atom. The smallest absolute Gasteiger partial charge is 0.237 e. The molecule has 1 saturated carbocycles. The van der Waals surface area contributed by atoms with Crippen LogP contribution >= 0.6 is 11.6 Å². The maximum absolute atomic E-state index is 14.5. The fraction of sp³-hybridized carbons (Fsp3) is 0.423. The molecule has 2 N–H and O–H groups in total. The number of nitrogens with zero attached hydrogens (tertiary/aromatic N) is 3. The lowest BCUT2D eigenvalue weighted by Gasteiger charge is -2.47. The number of ether oxygens (including phenoxy) is 2. The van der Waals surface area contributed by atoms with Crippen molar-refractivity contribution in [3.63, 3.8) is 0 Å². The Kier molecular flexibility index (Phi) is 7.11. The molecule has 10 heteroatoms. The quantitative estimate of drug-likeness (QED) is 0.474. The highest BCUT2D eigenvalue weighted by Crippen LogP contribution is 2.38. The summed E-state index contributed by atoms with van der Waals surface area (Å²) in [6.45, 7) is 0.968. The second kappa shape index (κ2) is 10.4. The molecule has 1 atom stereocenters. The van der Waals surface area contributed by atoms with Gasteiger partial charge in [-0.3, -0.25) is 9.69 Å². The zero-order chi connectivity index (χ0) is 25.2. The third kappa shape index (κ3) is 4.77. The van der Waals surface area contributed by atoms with E-state index in [4.69, 9.17) is 21.1 Å². The summed E-state index contributed by atoms with van der Waals surface area (Å²) < 4.78 is 26.5. The van der Waals surface area contributed by atoms with Crippen molar-refractivity contribution in [3.05, 3.63) is 47.5 Å². The van der Waals surface area contributed by atoms with Gasteiger partial charge in [0.25, 0.3) is 0 Å². The Bertz CT molecular complexity index is 1270. The summed E-state index contributed by atoms with van der Waals surface area (Å²) in [4.78, 5) is 23.1. The lowest BCUT2D eigenvalue weighted by atomic mass is 9.87. The molecule has 1 aliphatic heterocycles. The lowest BCUT2D eigenvalue weighted by molar-refractivity contribution is -0.133. The number of fused-ring (bicyclic) bond motifs is 1. The molecule has 5 rings (SSSR count).